The van der Waals surface area contributed by atoms with E-state index in [1.54, 1.807) is 6.92 Å². The third kappa shape index (κ3) is 3.69. The molecule has 1 aromatic carbocycles. The number of nitro groups is 1. The topological polar surface area (TPSA) is 110 Å². The number of rotatable bonds is 6. The summed E-state index contributed by atoms with van der Waals surface area (Å²) in [6, 6.07) is 1.58. The standard InChI is InChI=1S/C10H13FN2O5S/c1-2-7(6-14)12-19(17,18)8-3-4-9(11)10(5-8)13(15)16/h3-5,7,12,14H,2,6H2,1H3. The van der Waals surface area contributed by atoms with Crippen LogP contribution in [0.2, 0.25) is 0 Å². The molecule has 0 heterocycles. The number of aliphatic hydroxyl groups excluding tert-OH is 1. The minimum atomic E-state index is -4.04. The normalized spacial score (nSPS) is 13.2. The van der Waals surface area contributed by atoms with Crippen LogP contribution >= 0.6 is 0 Å². The van der Waals surface area contributed by atoms with E-state index in [-0.39, 0.29) is 0 Å². The monoisotopic (exact) mass is 292 g/mol. The van der Waals surface area contributed by atoms with Crippen molar-refractivity contribution in [2.24, 2.45) is 0 Å². The van der Waals surface area contributed by atoms with Crippen LogP contribution in [0.1, 0.15) is 13.3 Å². The van der Waals surface area contributed by atoms with Gasteiger partial charge in [-0.1, -0.05) is 6.92 Å². The Labute approximate surface area is 109 Å². The fraction of sp³-hybridized carbons (Fsp3) is 0.400. The molecule has 0 radical (unpaired) electrons. The lowest BCUT2D eigenvalue weighted by atomic mass is 10.3. The first-order chi connectivity index (χ1) is 8.81. The van der Waals surface area contributed by atoms with Crippen LogP contribution in [0.3, 0.4) is 0 Å². The van der Waals surface area contributed by atoms with Gasteiger partial charge in [0.05, 0.1) is 16.4 Å². The molecule has 0 saturated carbocycles. The molecule has 0 aromatic heterocycles. The van der Waals surface area contributed by atoms with Crippen molar-refractivity contribution >= 4 is 15.7 Å². The van der Waals surface area contributed by atoms with Gasteiger partial charge in [0.15, 0.2) is 0 Å². The number of hydrogen-bond acceptors (Lipinski definition) is 5. The van der Waals surface area contributed by atoms with E-state index >= 15 is 0 Å². The van der Waals surface area contributed by atoms with Gasteiger partial charge in [-0.3, -0.25) is 10.1 Å². The Morgan fingerprint density at radius 1 is 1.53 bits per heavy atom. The first kappa shape index (κ1) is 15.5. The smallest absolute Gasteiger partial charge is 0.306 e. The maximum absolute atomic E-state index is 13.1. The molecule has 19 heavy (non-hydrogen) atoms. The Hall–Kier alpha value is -1.58. The first-order valence-electron chi connectivity index (χ1n) is 5.39. The van der Waals surface area contributed by atoms with Crippen molar-refractivity contribution in [3.63, 3.8) is 0 Å². The average Bonchev–Trinajstić information content (AvgIpc) is 2.35. The van der Waals surface area contributed by atoms with Crippen LogP contribution in [-0.4, -0.2) is 31.1 Å². The molecule has 0 aliphatic heterocycles. The van der Waals surface area contributed by atoms with E-state index in [4.69, 9.17) is 5.11 Å². The zero-order valence-electron chi connectivity index (χ0n) is 10.0. The van der Waals surface area contributed by atoms with Crippen LogP contribution in [0.15, 0.2) is 23.1 Å². The highest BCUT2D eigenvalue weighted by Crippen LogP contribution is 2.21. The fourth-order valence-corrected chi connectivity index (χ4v) is 2.67. The summed E-state index contributed by atoms with van der Waals surface area (Å²) in [7, 11) is -4.04. The summed E-state index contributed by atoms with van der Waals surface area (Å²) in [5.41, 5.74) is -0.917. The number of benzene rings is 1. The number of hydrogen-bond donors (Lipinski definition) is 2. The van der Waals surface area contributed by atoms with Gasteiger partial charge >= 0.3 is 5.69 Å². The average molecular weight is 292 g/mol. The van der Waals surface area contributed by atoms with Crippen molar-refractivity contribution in [3.05, 3.63) is 34.1 Å². The number of aliphatic hydroxyl groups is 1. The highest BCUT2D eigenvalue weighted by molar-refractivity contribution is 7.89. The lowest BCUT2D eigenvalue weighted by Gasteiger charge is -2.14. The van der Waals surface area contributed by atoms with Gasteiger partial charge in [-0.2, -0.15) is 4.39 Å². The Bertz CT molecular complexity index is 571. The van der Waals surface area contributed by atoms with Gasteiger partial charge in [-0.05, 0) is 18.6 Å². The number of nitrogens with one attached hydrogen (secondary N) is 1. The molecule has 0 aliphatic rings. The predicted molar refractivity (Wildman–Crippen MR) is 64.5 cm³/mol. The van der Waals surface area contributed by atoms with Gasteiger partial charge in [0.25, 0.3) is 0 Å². The van der Waals surface area contributed by atoms with Gasteiger partial charge in [0.1, 0.15) is 0 Å². The Morgan fingerprint density at radius 3 is 2.63 bits per heavy atom. The lowest BCUT2D eigenvalue weighted by molar-refractivity contribution is -0.387. The zero-order valence-corrected chi connectivity index (χ0v) is 10.9. The van der Waals surface area contributed by atoms with Gasteiger partial charge in [-0.25, -0.2) is 13.1 Å². The second-order valence-electron chi connectivity index (χ2n) is 3.78. The Kier molecular flexibility index (Phi) is 4.92. The highest BCUT2D eigenvalue weighted by atomic mass is 32.2. The van der Waals surface area contributed by atoms with Crippen LogP contribution in [-0.2, 0) is 10.0 Å². The molecule has 1 unspecified atom stereocenters. The van der Waals surface area contributed by atoms with Crippen molar-refractivity contribution in [2.45, 2.75) is 24.3 Å². The summed E-state index contributed by atoms with van der Waals surface area (Å²) in [5, 5.41) is 19.5. The van der Waals surface area contributed by atoms with Crippen molar-refractivity contribution < 1.29 is 22.8 Å². The van der Waals surface area contributed by atoms with Gasteiger partial charge in [0, 0.05) is 12.1 Å². The van der Waals surface area contributed by atoms with Crippen LogP contribution in [0.25, 0.3) is 0 Å². The summed E-state index contributed by atoms with van der Waals surface area (Å²) in [4.78, 5) is 9.12. The predicted octanol–water partition coefficient (Wildman–Crippen LogP) is 0.783. The quantitative estimate of drug-likeness (QED) is 0.595. The van der Waals surface area contributed by atoms with E-state index in [1.807, 2.05) is 0 Å². The van der Waals surface area contributed by atoms with Crippen LogP contribution in [0.5, 0.6) is 0 Å². The largest absolute Gasteiger partial charge is 0.395 e. The molecule has 0 fully saturated rings. The summed E-state index contributed by atoms with van der Waals surface area (Å²) in [6.45, 7) is 1.26. The van der Waals surface area contributed by atoms with Gasteiger partial charge < -0.3 is 5.11 Å². The molecular weight excluding hydrogens is 279 g/mol. The SMILES string of the molecule is CCC(CO)NS(=O)(=O)c1ccc(F)c([N+](=O)[O-])c1. The van der Waals surface area contributed by atoms with E-state index in [0.29, 0.717) is 18.6 Å². The van der Waals surface area contributed by atoms with E-state index in [9.17, 15) is 22.9 Å². The maximum Gasteiger partial charge on any atom is 0.306 e. The second kappa shape index (κ2) is 6.04. The van der Waals surface area contributed by atoms with E-state index in [2.05, 4.69) is 4.72 Å². The van der Waals surface area contributed by atoms with Crippen molar-refractivity contribution in [2.75, 3.05) is 6.61 Å². The van der Waals surface area contributed by atoms with E-state index < -0.39 is 44.0 Å². The molecule has 7 nitrogen and oxygen atoms in total. The van der Waals surface area contributed by atoms with Crippen molar-refractivity contribution in [1.82, 2.24) is 4.72 Å². The van der Waals surface area contributed by atoms with Crippen molar-refractivity contribution in [3.8, 4) is 0 Å². The summed E-state index contributed by atoms with van der Waals surface area (Å²) < 4.78 is 39.0. The number of nitrogens with zero attached hydrogens (tertiary/aromatic N) is 1. The fourth-order valence-electron chi connectivity index (χ4n) is 1.34. The molecule has 1 rings (SSSR count). The minimum absolute atomic E-state index is 0.346. The van der Waals surface area contributed by atoms with Crippen LogP contribution < -0.4 is 4.72 Å². The molecule has 9 heteroatoms. The summed E-state index contributed by atoms with van der Waals surface area (Å²) in [5.74, 6) is -1.11. The van der Waals surface area contributed by atoms with Gasteiger partial charge in [0.2, 0.25) is 15.8 Å². The third-order valence-electron chi connectivity index (χ3n) is 2.46. The molecule has 1 atom stereocenters. The molecule has 0 saturated heterocycles. The molecule has 0 bridgehead atoms. The highest BCUT2D eigenvalue weighted by Gasteiger charge is 2.23. The van der Waals surface area contributed by atoms with Crippen LogP contribution in [0.4, 0.5) is 10.1 Å². The van der Waals surface area contributed by atoms with Crippen molar-refractivity contribution in [1.29, 1.82) is 0 Å². The molecule has 106 valence electrons. The number of nitro benzene ring substituents is 1. The molecule has 0 spiro atoms. The zero-order chi connectivity index (χ0) is 14.6. The Morgan fingerprint density at radius 2 is 2.16 bits per heavy atom. The lowest BCUT2D eigenvalue weighted by Crippen LogP contribution is -2.36. The number of halogens is 1. The van der Waals surface area contributed by atoms with E-state index in [1.165, 1.54) is 0 Å². The molecule has 0 amide bonds. The third-order valence-corrected chi connectivity index (χ3v) is 3.98. The minimum Gasteiger partial charge on any atom is -0.395 e. The first-order valence-corrected chi connectivity index (χ1v) is 6.87. The number of sulfonamides is 1. The summed E-state index contributed by atoms with van der Waals surface area (Å²) >= 11 is 0. The maximum atomic E-state index is 13.1. The van der Waals surface area contributed by atoms with Gasteiger partial charge in [-0.15, -0.1) is 0 Å². The molecule has 2 N–H and O–H groups in total. The molecule has 1 aromatic rings. The van der Waals surface area contributed by atoms with Crippen LogP contribution in [0, 0.1) is 15.9 Å². The second-order valence-corrected chi connectivity index (χ2v) is 5.49. The molecular formula is C10H13FN2O5S. The Balaban J connectivity index is 3.15. The molecule has 0 aliphatic carbocycles. The van der Waals surface area contributed by atoms with E-state index in [0.717, 1.165) is 6.07 Å². The summed E-state index contributed by atoms with van der Waals surface area (Å²) in [6.07, 6.45) is 0.346.